The molecule has 17 heavy (non-hydrogen) atoms. The van der Waals surface area contributed by atoms with Gasteiger partial charge in [-0.1, -0.05) is 15.9 Å². The molecule has 0 heterocycles. The van der Waals surface area contributed by atoms with Crippen molar-refractivity contribution in [2.24, 2.45) is 0 Å². The number of aldehydes is 1. The Balaban J connectivity index is 2.68. The van der Waals surface area contributed by atoms with Crippen LogP contribution in [0, 0.1) is 0 Å². The van der Waals surface area contributed by atoms with Crippen LogP contribution in [0.3, 0.4) is 0 Å². The highest BCUT2D eigenvalue weighted by molar-refractivity contribution is 9.10. The Morgan fingerprint density at radius 3 is 2.53 bits per heavy atom. The van der Waals surface area contributed by atoms with E-state index in [1.165, 1.54) is 0 Å². The Kier molecular flexibility index (Phi) is 5.65. The van der Waals surface area contributed by atoms with Crippen LogP contribution in [0.4, 0.5) is 5.69 Å². The molecular weight excluding hydrogens is 280 g/mol. The number of hydrogen-bond acceptors (Lipinski definition) is 3. The number of halogens is 1. The van der Waals surface area contributed by atoms with E-state index in [9.17, 15) is 4.79 Å². The van der Waals surface area contributed by atoms with Gasteiger partial charge in [0.1, 0.15) is 0 Å². The lowest BCUT2D eigenvalue weighted by Crippen LogP contribution is -2.24. The summed E-state index contributed by atoms with van der Waals surface area (Å²) in [4.78, 5) is 15.3. The smallest absolute Gasteiger partial charge is 0.152 e. The molecular formula is C13H19BrN2O. The maximum absolute atomic E-state index is 11.0. The maximum Gasteiger partial charge on any atom is 0.152 e. The summed E-state index contributed by atoms with van der Waals surface area (Å²) in [7, 11) is 6.15. The number of rotatable bonds is 6. The molecule has 4 heteroatoms. The molecule has 0 saturated carbocycles. The average Bonchev–Trinajstić information content (AvgIpc) is 2.28. The van der Waals surface area contributed by atoms with Crippen LogP contribution in [-0.4, -0.2) is 45.4 Å². The summed E-state index contributed by atoms with van der Waals surface area (Å²) in [5.41, 5.74) is 1.72. The van der Waals surface area contributed by atoms with Crippen LogP contribution in [0.15, 0.2) is 22.7 Å². The molecule has 0 aliphatic carbocycles. The summed E-state index contributed by atoms with van der Waals surface area (Å²) < 4.78 is 0.935. The molecule has 0 atom stereocenters. The standard InChI is InChI=1S/C13H19BrN2O/c1-15(2)7-4-8-16(3)13-6-5-12(14)9-11(13)10-17/h5-6,9-10H,4,7-8H2,1-3H3. The van der Waals surface area contributed by atoms with Gasteiger partial charge in [-0.05, 0) is 45.3 Å². The quantitative estimate of drug-likeness (QED) is 0.755. The normalized spacial score (nSPS) is 10.6. The molecule has 0 amide bonds. The third-order valence-corrected chi connectivity index (χ3v) is 3.12. The molecule has 3 nitrogen and oxygen atoms in total. The van der Waals surface area contributed by atoms with Crippen molar-refractivity contribution in [1.29, 1.82) is 0 Å². The first-order valence-electron chi connectivity index (χ1n) is 5.65. The Labute approximate surface area is 112 Å². The fraction of sp³-hybridized carbons (Fsp3) is 0.462. The maximum atomic E-state index is 11.0. The number of anilines is 1. The van der Waals surface area contributed by atoms with Gasteiger partial charge in [0.05, 0.1) is 0 Å². The molecule has 0 bridgehead atoms. The van der Waals surface area contributed by atoms with Crippen LogP contribution in [0.2, 0.25) is 0 Å². The molecule has 0 radical (unpaired) electrons. The van der Waals surface area contributed by atoms with Crippen LogP contribution in [0.25, 0.3) is 0 Å². The van der Waals surface area contributed by atoms with Crippen LogP contribution >= 0.6 is 15.9 Å². The monoisotopic (exact) mass is 298 g/mol. The molecule has 0 N–H and O–H groups in total. The van der Waals surface area contributed by atoms with E-state index in [4.69, 9.17) is 0 Å². The third kappa shape index (κ3) is 4.48. The zero-order valence-corrected chi connectivity index (χ0v) is 12.2. The van der Waals surface area contributed by atoms with Gasteiger partial charge in [0.15, 0.2) is 6.29 Å². The van der Waals surface area contributed by atoms with E-state index in [2.05, 4.69) is 39.8 Å². The summed E-state index contributed by atoms with van der Waals surface area (Å²) in [6.07, 6.45) is 1.99. The van der Waals surface area contributed by atoms with Crippen LogP contribution < -0.4 is 4.90 Å². The molecule has 0 fully saturated rings. The molecule has 0 aromatic heterocycles. The summed E-state index contributed by atoms with van der Waals surface area (Å²) in [5.74, 6) is 0. The van der Waals surface area contributed by atoms with E-state index in [-0.39, 0.29) is 0 Å². The highest BCUT2D eigenvalue weighted by Gasteiger charge is 2.07. The van der Waals surface area contributed by atoms with Crippen molar-refractivity contribution in [1.82, 2.24) is 4.90 Å². The van der Waals surface area contributed by atoms with Crippen molar-refractivity contribution in [2.45, 2.75) is 6.42 Å². The highest BCUT2D eigenvalue weighted by atomic mass is 79.9. The Hall–Kier alpha value is -0.870. The first-order valence-corrected chi connectivity index (χ1v) is 6.44. The zero-order valence-electron chi connectivity index (χ0n) is 10.6. The minimum Gasteiger partial charge on any atom is -0.374 e. The Morgan fingerprint density at radius 2 is 1.94 bits per heavy atom. The van der Waals surface area contributed by atoms with Gasteiger partial charge in [-0.25, -0.2) is 0 Å². The molecule has 1 aromatic rings. The molecule has 1 rings (SSSR count). The van der Waals surface area contributed by atoms with E-state index in [0.29, 0.717) is 0 Å². The van der Waals surface area contributed by atoms with Crippen LogP contribution in [0.5, 0.6) is 0 Å². The van der Waals surface area contributed by atoms with E-state index in [1.54, 1.807) is 0 Å². The first kappa shape index (κ1) is 14.2. The van der Waals surface area contributed by atoms with Crippen molar-refractivity contribution in [3.8, 4) is 0 Å². The van der Waals surface area contributed by atoms with Crippen LogP contribution in [-0.2, 0) is 0 Å². The molecule has 0 aliphatic heterocycles. The largest absolute Gasteiger partial charge is 0.374 e. The number of nitrogens with zero attached hydrogens (tertiary/aromatic N) is 2. The van der Waals surface area contributed by atoms with Gasteiger partial charge in [-0.2, -0.15) is 0 Å². The van der Waals surface area contributed by atoms with E-state index in [0.717, 1.165) is 41.5 Å². The van der Waals surface area contributed by atoms with Gasteiger partial charge in [-0.3, -0.25) is 4.79 Å². The van der Waals surface area contributed by atoms with Gasteiger partial charge in [-0.15, -0.1) is 0 Å². The first-order chi connectivity index (χ1) is 8.04. The second-order valence-corrected chi connectivity index (χ2v) is 5.32. The molecule has 0 aliphatic rings. The highest BCUT2D eigenvalue weighted by Crippen LogP contribution is 2.22. The topological polar surface area (TPSA) is 23.6 Å². The van der Waals surface area contributed by atoms with Gasteiger partial charge in [0.2, 0.25) is 0 Å². The molecule has 94 valence electrons. The predicted octanol–water partition coefficient (Wildman–Crippen LogP) is 2.65. The van der Waals surface area contributed by atoms with Crippen molar-refractivity contribution >= 4 is 27.9 Å². The summed E-state index contributed by atoms with van der Waals surface area (Å²) in [6.45, 7) is 2.00. The van der Waals surface area contributed by atoms with Crippen molar-refractivity contribution < 1.29 is 4.79 Å². The number of benzene rings is 1. The summed E-state index contributed by atoms with van der Waals surface area (Å²) >= 11 is 3.37. The Morgan fingerprint density at radius 1 is 1.24 bits per heavy atom. The minimum absolute atomic E-state index is 0.728. The Bertz CT molecular complexity index is 380. The lowest BCUT2D eigenvalue weighted by molar-refractivity contribution is 0.112. The lowest BCUT2D eigenvalue weighted by atomic mass is 10.2. The minimum atomic E-state index is 0.728. The van der Waals surface area contributed by atoms with Crippen LogP contribution in [0.1, 0.15) is 16.8 Å². The zero-order chi connectivity index (χ0) is 12.8. The fourth-order valence-electron chi connectivity index (χ4n) is 1.71. The van der Waals surface area contributed by atoms with Gasteiger partial charge < -0.3 is 9.80 Å². The summed E-state index contributed by atoms with van der Waals surface area (Å²) in [6, 6.07) is 5.79. The molecule has 1 aromatic carbocycles. The average molecular weight is 299 g/mol. The van der Waals surface area contributed by atoms with Crippen molar-refractivity contribution in [3.63, 3.8) is 0 Å². The summed E-state index contributed by atoms with van der Waals surface area (Å²) in [5, 5.41) is 0. The van der Waals surface area contributed by atoms with Gasteiger partial charge >= 0.3 is 0 Å². The lowest BCUT2D eigenvalue weighted by Gasteiger charge is -2.22. The van der Waals surface area contributed by atoms with Gasteiger partial charge in [0, 0.05) is 29.3 Å². The fourth-order valence-corrected chi connectivity index (χ4v) is 2.09. The molecule has 0 spiro atoms. The van der Waals surface area contributed by atoms with E-state index in [1.807, 2.05) is 25.2 Å². The predicted molar refractivity (Wildman–Crippen MR) is 76.0 cm³/mol. The second kappa shape index (κ2) is 6.77. The second-order valence-electron chi connectivity index (χ2n) is 4.40. The number of carbonyl (C=O) groups excluding carboxylic acids is 1. The molecule has 0 saturated heterocycles. The van der Waals surface area contributed by atoms with Gasteiger partial charge in [0.25, 0.3) is 0 Å². The van der Waals surface area contributed by atoms with Crippen molar-refractivity contribution in [3.05, 3.63) is 28.2 Å². The van der Waals surface area contributed by atoms with E-state index < -0.39 is 0 Å². The number of hydrogen-bond donors (Lipinski definition) is 0. The number of carbonyl (C=O) groups is 1. The molecule has 0 unspecified atom stereocenters. The van der Waals surface area contributed by atoms with E-state index >= 15 is 0 Å². The SMILES string of the molecule is CN(C)CCCN(C)c1ccc(Br)cc1C=O. The van der Waals surface area contributed by atoms with Crippen molar-refractivity contribution in [2.75, 3.05) is 39.1 Å². The third-order valence-electron chi connectivity index (χ3n) is 2.63.